The number of nitrogens with one attached hydrogen (secondary N) is 1. The predicted octanol–water partition coefficient (Wildman–Crippen LogP) is 2.50. The standard InChI is InChI=1S/C13H13N3/c14-10-3-1-8-5-9-2-4-11(15)7-13(9)16-12(8)6-10/h1-4,6-7,16H,5,14-15H2. The summed E-state index contributed by atoms with van der Waals surface area (Å²) in [4.78, 5) is 0. The number of fused-ring (bicyclic) bond motifs is 2. The fraction of sp³-hybridized carbons (Fsp3) is 0.0769. The minimum atomic E-state index is 0.776. The quantitative estimate of drug-likeness (QED) is 0.500. The van der Waals surface area contributed by atoms with Crippen molar-refractivity contribution >= 4 is 22.7 Å². The van der Waals surface area contributed by atoms with Crippen LogP contribution in [0, 0.1) is 0 Å². The molecule has 80 valence electrons. The highest BCUT2D eigenvalue weighted by molar-refractivity contribution is 5.76. The molecule has 1 aliphatic rings. The molecule has 2 aromatic carbocycles. The molecule has 1 aliphatic heterocycles. The molecule has 0 amide bonds. The molecule has 3 heteroatoms. The lowest BCUT2D eigenvalue weighted by Gasteiger charge is -2.22. The Bertz CT molecular complexity index is 512. The first-order valence-electron chi connectivity index (χ1n) is 5.26. The van der Waals surface area contributed by atoms with Gasteiger partial charge in [-0.15, -0.1) is 0 Å². The summed E-state index contributed by atoms with van der Waals surface area (Å²) in [6, 6.07) is 11.9. The van der Waals surface area contributed by atoms with Crippen LogP contribution in [0.25, 0.3) is 0 Å². The minimum Gasteiger partial charge on any atom is -0.399 e. The van der Waals surface area contributed by atoms with Gasteiger partial charge in [-0.05, 0) is 35.4 Å². The molecule has 0 spiro atoms. The molecule has 1 heterocycles. The van der Waals surface area contributed by atoms with Gasteiger partial charge in [0.25, 0.3) is 0 Å². The first-order valence-corrected chi connectivity index (χ1v) is 5.26. The van der Waals surface area contributed by atoms with E-state index in [2.05, 4.69) is 17.4 Å². The van der Waals surface area contributed by atoms with Gasteiger partial charge in [-0.3, -0.25) is 0 Å². The van der Waals surface area contributed by atoms with Gasteiger partial charge in [-0.1, -0.05) is 12.1 Å². The molecule has 3 nitrogen and oxygen atoms in total. The molecule has 0 aromatic heterocycles. The lowest BCUT2D eigenvalue weighted by atomic mass is 9.97. The van der Waals surface area contributed by atoms with Gasteiger partial charge in [0.15, 0.2) is 0 Å². The van der Waals surface area contributed by atoms with Crippen molar-refractivity contribution in [3.8, 4) is 0 Å². The smallest absolute Gasteiger partial charge is 0.0440 e. The monoisotopic (exact) mass is 211 g/mol. The van der Waals surface area contributed by atoms with E-state index in [0.29, 0.717) is 0 Å². The molecular weight excluding hydrogens is 198 g/mol. The summed E-state index contributed by atoms with van der Waals surface area (Å²) in [5.41, 5.74) is 17.8. The average Bonchev–Trinajstić information content (AvgIpc) is 2.26. The van der Waals surface area contributed by atoms with Crippen LogP contribution in [0.15, 0.2) is 36.4 Å². The number of hydrogen-bond donors (Lipinski definition) is 3. The number of nitrogen functional groups attached to an aromatic ring is 2. The Labute approximate surface area is 94.1 Å². The van der Waals surface area contributed by atoms with E-state index < -0.39 is 0 Å². The topological polar surface area (TPSA) is 64.1 Å². The molecular formula is C13H13N3. The van der Waals surface area contributed by atoms with Gasteiger partial charge in [0.2, 0.25) is 0 Å². The molecule has 2 aromatic rings. The van der Waals surface area contributed by atoms with Gasteiger partial charge in [0.05, 0.1) is 0 Å². The maximum atomic E-state index is 5.77. The first kappa shape index (κ1) is 9.09. The lowest BCUT2D eigenvalue weighted by molar-refractivity contribution is 1.16. The summed E-state index contributed by atoms with van der Waals surface area (Å²) < 4.78 is 0. The fourth-order valence-corrected chi connectivity index (χ4v) is 2.08. The van der Waals surface area contributed by atoms with E-state index in [1.165, 1.54) is 11.1 Å². The Kier molecular flexibility index (Phi) is 1.80. The fourth-order valence-electron chi connectivity index (χ4n) is 2.08. The zero-order valence-corrected chi connectivity index (χ0v) is 8.83. The number of rotatable bonds is 0. The Balaban J connectivity index is 2.10. The molecule has 0 fully saturated rings. The number of nitrogens with two attached hydrogens (primary N) is 2. The van der Waals surface area contributed by atoms with Crippen molar-refractivity contribution in [3.05, 3.63) is 47.5 Å². The van der Waals surface area contributed by atoms with Crippen molar-refractivity contribution in [2.24, 2.45) is 0 Å². The second-order valence-electron chi connectivity index (χ2n) is 4.13. The summed E-state index contributed by atoms with van der Waals surface area (Å²) in [5, 5.41) is 3.36. The molecule has 0 unspecified atom stereocenters. The van der Waals surface area contributed by atoms with Crippen molar-refractivity contribution in [1.82, 2.24) is 0 Å². The van der Waals surface area contributed by atoms with Crippen molar-refractivity contribution in [1.29, 1.82) is 0 Å². The molecule has 0 bridgehead atoms. The third kappa shape index (κ3) is 1.37. The Morgan fingerprint density at radius 2 is 1.31 bits per heavy atom. The first-order chi connectivity index (χ1) is 7.72. The number of benzene rings is 2. The molecule has 0 aliphatic carbocycles. The van der Waals surface area contributed by atoms with Crippen molar-refractivity contribution in [3.63, 3.8) is 0 Å². The highest BCUT2D eigenvalue weighted by Crippen LogP contribution is 2.34. The molecule has 0 radical (unpaired) electrons. The van der Waals surface area contributed by atoms with Crippen molar-refractivity contribution < 1.29 is 0 Å². The SMILES string of the molecule is Nc1ccc2c(c1)Nc1cc(N)ccc1C2. The van der Waals surface area contributed by atoms with E-state index in [1.54, 1.807) is 0 Å². The van der Waals surface area contributed by atoms with Crippen LogP contribution in [-0.2, 0) is 6.42 Å². The van der Waals surface area contributed by atoms with Gasteiger partial charge in [0, 0.05) is 29.2 Å². The summed E-state index contributed by atoms with van der Waals surface area (Å²) in [6.45, 7) is 0. The van der Waals surface area contributed by atoms with Crippen LogP contribution in [0.4, 0.5) is 22.7 Å². The molecule has 0 atom stereocenters. The molecule has 5 N–H and O–H groups in total. The van der Waals surface area contributed by atoms with Crippen LogP contribution in [0.1, 0.15) is 11.1 Å². The Morgan fingerprint density at radius 3 is 1.81 bits per heavy atom. The van der Waals surface area contributed by atoms with Crippen LogP contribution in [-0.4, -0.2) is 0 Å². The summed E-state index contributed by atoms with van der Waals surface area (Å²) in [5.74, 6) is 0. The second kappa shape index (κ2) is 3.17. The van der Waals surface area contributed by atoms with Crippen LogP contribution in [0.2, 0.25) is 0 Å². The minimum absolute atomic E-state index is 0.776. The summed E-state index contributed by atoms with van der Waals surface area (Å²) in [6.07, 6.45) is 0.929. The lowest BCUT2D eigenvalue weighted by Crippen LogP contribution is -2.07. The summed E-state index contributed by atoms with van der Waals surface area (Å²) in [7, 11) is 0. The van der Waals surface area contributed by atoms with E-state index in [0.717, 1.165) is 29.2 Å². The number of hydrogen-bond acceptors (Lipinski definition) is 3. The maximum absolute atomic E-state index is 5.77. The highest BCUT2D eigenvalue weighted by atomic mass is 14.9. The zero-order chi connectivity index (χ0) is 11.1. The van der Waals surface area contributed by atoms with Gasteiger partial charge < -0.3 is 16.8 Å². The van der Waals surface area contributed by atoms with Crippen LogP contribution >= 0.6 is 0 Å². The average molecular weight is 211 g/mol. The largest absolute Gasteiger partial charge is 0.399 e. The Hall–Kier alpha value is -2.16. The van der Waals surface area contributed by atoms with Gasteiger partial charge in [-0.2, -0.15) is 0 Å². The zero-order valence-electron chi connectivity index (χ0n) is 8.83. The Morgan fingerprint density at radius 1 is 0.812 bits per heavy atom. The maximum Gasteiger partial charge on any atom is 0.0440 e. The van der Waals surface area contributed by atoms with E-state index >= 15 is 0 Å². The van der Waals surface area contributed by atoms with Gasteiger partial charge in [-0.25, -0.2) is 0 Å². The van der Waals surface area contributed by atoms with Crippen LogP contribution in [0.3, 0.4) is 0 Å². The number of anilines is 4. The molecule has 0 saturated heterocycles. The highest BCUT2D eigenvalue weighted by Gasteiger charge is 2.14. The van der Waals surface area contributed by atoms with E-state index in [4.69, 9.17) is 11.5 Å². The second-order valence-corrected chi connectivity index (χ2v) is 4.13. The van der Waals surface area contributed by atoms with Crippen molar-refractivity contribution in [2.75, 3.05) is 16.8 Å². The third-order valence-electron chi connectivity index (χ3n) is 2.92. The summed E-state index contributed by atoms with van der Waals surface area (Å²) >= 11 is 0. The van der Waals surface area contributed by atoms with Gasteiger partial charge in [0.1, 0.15) is 0 Å². The molecule has 16 heavy (non-hydrogen) atoms. The third-order valence-corrected chi connectivity index (χ3v) is 2.92. The normalized spacial score (nSPS) is 12.5. The molecule has 3 rings (SSSR count). The van der Waals surface area contributed by atoms with Gasteiger partial charge >= 0.3 is 0 Å². The van der Waals surface area contributed by atoms with Crippen LogP contribution in [0.5, 0.6) is 0 Å². The van der Waals surface area contributed by atoms with Crippen molar-refractivity contribution in [2.45, 2.75) is 6.42 Å². The van der Waals surface area contributed by atoms with Crippen LogP contribution < -0.4 is 16.8 Å². The van der Waals surface area contributed by atoms with E-state index in [9.17, 15) is 0 Å². The van der Waals surface area contributed by atoms with E-state index in [1.807, 2.05) is 24.3 Å². The molecule has 0 saturated carbocycles. The predicted molar refractivity (Wildman–Crippen MR) is 67.8 cm³/mol. The van der Waals surface area contributed by atoms with E-state index in [-0.39, 0.29) is 0 Å².